The Kier molecular flexibility index (Phi) is 6.56. The van der Waals surface area contributed by atoms with Gasteiger partial charge >= 0.3 is 6.36 Å². The molecule has 0 fully saturated rings. The number of H-pyrrole nitrogens is 1. The maximum absolute atomic E-state index is 13.4. The quantitative estimate of drug-likeness (QED) is 0.371. The van der Waals surface area contributed by atoms with Crippen molar-refractivity contribution in [3.8, 4) is 11.4 Å². The smallest absolute Gasteiger partial charge is 0.406 e. The number of halogens is 3. The molecule has 0 atom stereocenters. The van der Waals surface area contributed by atoms with Crippen LogP contribution in [0.25, 0.3) is 16.6 Å². The Balaban J connectivity index is 1.41. The minimum Gasteiger partial charge on any atom is -0.406 e. The van der Waals surface area contributed by atoms with E-state index in [2.05, 4.69) is 15.0 Å². The number of aromatic amines is 1. The van der Waals surface area contributed by atoms with Gasteiger partial charge in [0.15, 0.2) is 5.78 Å². The van der Waals surface area contributed by atoms with E-state index in [1.807, 2.05) is 6.07 Å². The molecular formula is C28H24F3N3O4. The fraction of sp³-hybridized carbons (Fsp3) is 0.250. The normalized spacial score (nSPS) is 13.4. The highest BCUT2D eigenvalue weighted by Gasteiger charge is 2.31. The summed E-state index contributed by atoms with van der Waals surface area (Å²) in [5.74, 6) is -1.08. The van der Waals surface area contributed by atoms with Crippen LogP contribution in [0.15, 0.2) is 59.4 Å². The number of pyridine rings is 1. The van der Waals surface area contributed by atoms with Gasteiger partial charge in [0.1, 0.15) is 11.3 Å². The zero-order chi connectivity index (χ0) is 27.0. The molecule has 4 aromatic rings. The summed E-state index contributed by atoms with van der Waals surface area (Å²) >= 11 is 0. The molecule has 1 aliphatic carbocycles. The number of amides is 1. The molecule has 2 aromatic heterocycles. The molecule has 0 unspecified atom stereocenters. The molecule has 7 nitrogen and oxygen atoms in total. The number of nitrogens with one attached hydrogen (secondary N) is 2. The minimum absolute atomic E-state index is 0.115. The molecule has 0 saturated carbocycles. The van der Waals surface area contributed by atoms with Crippen LogP contribution in [-0.2, 0) is 12.8 Å². The summed E-state index contributed by atoms with van der Waals surface area (Å²) in [5.41, 5.74) is 2.98. The highest BCUT2D eigenvalue weighted by atomic mass is 19.4. The number of hydrogen-bond donors (Lipinski definition) is 2. The van der Waals surface area contributed by atoms with E-state index in [4.69, 9.17) is 0 Å². The summed E-state index contributed by atoms with van der Waals surface area (Å²) < 4.78 is 43.5. The van der Waals surface area contributed by atoms with Gasteiger partial charge in [0.25, 0.3) is 11.5 Å². The number of rotatable bonds is 6. The molecular weight excluding hydrogens is 499 g/mol. The first-order chi connectivity index (χ1) is 18.1. The van der Waals surface area contributed by atoms with E-state index < -0.39 is 17.8 Å². The molecule has 2 N–H and O–H groups in total. The second kappa shape index (κ2) is 9.85. The van der Waals surface area contributed by atoms with Gasteiger partial charge in [-0.2, -0.15) is 0 Å². The third-order valence-corrected chi connectivity index (χ3v) is 6.66. The SMILES string of the molecule is Cc1[nH]c2ccc(OC(F)(F)F)cc2c1CCNC(=O)c1cc2c(n(-c3ccccc3)c1=O)CCCC2=O. The summed E-state index contributed by atoms with van der Waals surface area (Å²) in [6.07, 6.45) is -2.99. The molecule has 1 aliphatic rings. The van der Waals surface area contributed by atoms with Crippen LogP contribution in [0, 0.1) is 6.92 Å². The van der Waals surface area contributed by atoms with Gasteiger partial charge < -0.3 is 15.0 Å². The molecule has 0 radical (unpaired) electrons. The van der Waals surface area contributed by atoms with Crippen molar-refractivity contribution in [2.24, 2.45) is 0 Å². The van der Waals surface area contributed by atoms with E-state index in [9.17, 15) is 27.6 Å². The topological polar surface area (TPSA) is 93.2 Å². The number of nitrogens with zero attached hydrogens (tertiary/aromatic N) is 1. The van der Waals surface area contributed by atoms with Crippen molar-refractivity contribution in [3.05, 3.63) is 93.0 Å². The number of ether oxygens (including phenoxy) is 1. The number of ketones is 1. The summed E-state index contributed by atoms with van der Waals surface area (Å²) in [5, 5.41) is 3.28. The van der Waals surface area contributed by atoms with Crippen LogP contribution in [0.2, 0.25) is 0 Å². The first kappa shape index (κ1) is 25.3. The largest absolute Gasteiger partial charge is 0.573 e. The van der Waals surface area contributed by atoms with Gasteiger partial charge in [-0.25, -0.2) is 0 Å². The molecule has 0 spiro atoms. The number of para-hydroxylation sites is 1. The van der Waals surface area contributed by atoms with Gasteiger partial charge in [-0.15, -0.1) is 13.2 Å². The Hall–Kier alpha value is -4.34. The number of hydrogen-bond acceptors (Lipinski definition) is 4. The predicted octanol–water partition coefficient (Wildman–Crippen LogP) is 5.02. The number of Topliss-reactive ketones (excluding diaryl/α,β-unsaturated/α-hetero) is 1. The van der Waals surface area contributed by atoms with Gasteiger partial charge in [0.05, 0.1) is 0 Å². The van der Waals surface area contributed by atoms with Crippen molar-refractivity contribution in [3.63, 3.8) is 0 Å². The molecule has 2 heterocycles. The van der Waals surface area contributed by atoms with Gasteiger partial charge in [-0.1, -0.05) is 18.2 Å². The van der Waals surface area contributed by atoms with E-state index in [1.54, 1.807) is 31.2 Å². The van der Waals surface area contributed by atoms with E-state index in [1.165, 1.54) is 28.8 Å². The van der Waals surface area contributed by atoms with Crippen molar-refractivity contribution in [1.82, 2.24) is 14.9 Å². The molecule has 1 amide bonds. The Morgan fingerprint density at radius 1 is 1.08 bits per heavy atom. The Morgan fingerprint density at radius 2 is 1.84 bits per heavy atom. The van der Waals surface area contributed by atoms with Crippen molar-refractivity contribution in [2.75, 3.05) is 6.54 Å². The molecule has 38 heavy (non-hydrogen) atoms. The maximum atomic E-state index is 13.4. The first-order valence-corrected chi connectivity index (χ1v) is 12.1. The fourth-order valence-corrected chi connectivity index (χ4v) is 4.98. The summed E-state index contributed by atoms with van der Waals surface area (Å²) in [7, 11) is 0. The minimum atomic E-state index is -4.81. The number of aromatic nitrogens is 2. The van der Waals surface area contributed by atoms with Gasteiger partial charge in [-0.05, 0) is 68.1 Å². The molecule has 10 heteroatoms. The van der Waals surface area contributed by atoms with Gasteiger partial charge in [0.2, 0.25) is 0 Å². The number of carbonyl (C=O) groups is 2. The highest BCUT2D eigenvalue weighted by Crippen LogP contribution is 2.30. The number of fused-ring (bicyclic) bond motifs is 2. The lowest BCUT2D eigenvalue weighted by Gasteiger charge is -2.21. The van der Waals surface area contributed by atoms with Crippen LogP contribution in [-0.4, -0.2) is 34.1 Å². The summed E-state index contributed by atoms with van der Waals surface area (Å²) in [4.78, 5) is 42.4. The monoisotopic (exact) mass is 523 g/mol. The maximum Gasteiger partial charge on any atom is 0.573 e. The highest BCUT2D eigenvalue weighted by molar-refractivity contribution is 6.02. The number of carbonyl (C=O) groups excluding carboxylic acids is 2. The fourth-order valence-electron chi connectivity index (χ4n) is 4.98. The molecule has 2 aromatic carbocycles. The van der Waals surface area contributed by atoms with E-state index in [0.29, 0.717) is 53.5 Å². The zero-order valence-corrected chi connectivity index (χ0v) is 20.4. The van der Waals surface area contributed by atoms with Crippen molar-refractivity contribution >= 4 is 22.6 Å². The molecule has 5 rings (SSSR count). The van der Waals surface area contributed by atoms with Crippen LogP contribution in [0.5, 0.6) is 5.75 Å². The Labute approximate surface area is 215 Å². The van der Waals surface area contributed by atoms with Crippen LogP contribution in [0.4, 0.5) is 13.2 Å². The standard InChI is InChI=1S/C28H24F3N3O4/c1-16-19(20-14-18(38-28(29,30)31)10-11-23(20)33-16)12-13-32-26(36)22-15-21-24(8-5-9-25(21)35)34(27(22)37)17-6-3-2-4-7-17/h2-4,6-7,10-11,14-15,33H,5,8-9,12-13H2,1H3,(H,32,36). The van der Waals surface area contributed by atoms with Crippen LogP contribution in [0.3, 0.4) is 0 Å². The molecule has 0 bridgehead atoms. The lowest BCUT2D eigenvalue weighted by Crippen LogP contribution is -2.36. The average molecular weight is 524 g/mol. The van der Waals surface area contributed by atoms with Crippen LogP contribution in [0.1, 0.15) is 50.5 Å². The van der Waals surface area contributed by atoms with Crippen LogP contribution < -0.4 is 15.6 Å². The van der Waals surface area contributed by atoms with Crippen molar-refractivity contribution in [2.45, 2.75) is 39.0 Å². The van der Waals surface area contributed by atoms with E-state index in [-0.39, 0.29) is 23.6 Å². The number of alkyl halides is 3. The zero-order valence-electron chi connectivity index (χ0n) is 20.4. The average Bonchev–Trinajstić information content (AvgIpc) is 3.17. The van der Waals surface area contributed by atoms with Crippen molar-refractivity contribution < 1.29 is 27.5 Å². The van der Waals surface area contributed by atoms with Gasteiger partial charge in [0, 0.05) is 46.5 Å². The van der Waals surface area contributed by atoms with E-state index in [0.717, 1.165) is 11.3 Å². The number of aryl methyl sites for hydroxylation is 1. The van der Waals surface area contributed by atoms with Crippen LogP contribution >= 0.6 is 0 Å². The van der Waals surface area contributed by atoms with Crippen molar-refractivity contribution in [1.29, 1.82) is 0 Å². The second-order valence-electron chi connectivity index (χ2n) is 9.16. The summed E-state index contributed by atoms with van der Waals surface area (Å²) in [6, 6.07) is 14.3. The molecule has 196 valence electrons. The molecule has 0 aliphatic heterocycles. The molecule has 0 saturated heterocycles. The number of benzene rings is 2. The Morgan fingerprint density at radius 3 is 2.58 bits per heavy atom. The predicted molar refractivity (Wildman–Crippen MR) is 135 cm³/mol. The first-order valence-electron chi connectivity index (χ1n) is 12.1. The second-order valence-corrected chi connectivity index (χ2v) is 9.16. The van der Waals surface area contributed by atoms with Gasteiger partial charge in [-0.3, -0.25) is 19.0 Å². The summed E-state index contributed by atoms with van der Waals surface area (Å²) in [6.45, 7) is 1.90. The Bertz CT molecular complexity index is 1600. The lowest BCUT2D eigenvalue weighted by molar-refractivity contribution is -0.274. The third-order valence-electron chi connectivity index (χ3n) is 6.66. The lowest BCUT2D eigenvalue weighted by atomic mass is 9.92. The third kappa shape index (κ3) is 4.93. The van der Waals surface area contributed by atoms with E-state index >= 15 is 0 Å².